The summed E-state index contributed by atoms with van der Waals surface area (Å²) in [5.41, 5.74) is -0.597. The van der Waals surface area contributed by atoms with Crippen molar-refractivity contribution in [1.82, 2.24) is 0 Å². The van der Waals surface area contributed by atoms with Gasteiger partial charge >= 0.3 is 18.1 Å². The summed E-state index contributed by atoms with van der Waals surface area (Å²) in [6.45, 7) is 6.01. The van der Waals surface area contributed by atoms with Gasteiger partial charge in [0, 0.05) is 24.9 Å². The van der Waals surface area contributed by atoms with E-state index in [1.807, 2.05) is 0 Å². The topological polar surface area (TPSA) is 55.8 Å². The summed E-state index contributed by atoms with van der Waals surface area (Å²) in [4.78, 5) is 25.4. The quantitative estimate of drug-likeness (QED) is 0.539. The molecule has 2 rings (SSSR count). The summed E-state index contributed by atoms with van der Waals surface area (Å²) >= 11 is 0. The van der Waals surface area contributed by atoms with Gasteiger partial charge in [0.1, 0.15) is 5.60 Å². The van der Waals surface area contributed by atoms with Crippen LogP contribution in [0, 0.1) is 5.92 Å². The minimum Gasteiger partial charge on any atom is -0.469 e. The van der Waals surface area contributed by atoms with Gasteiger partial charge in [-0.1, -0.05) is 6.07 Å². The molecule has 0 N–H and O–H groups in total. The molecule has 1 aliphatic heterocycles. The Morgan fingerprint density at radius 1 is 1.14 bits per heavy atom. The van der Waals surface area contributed by atoms with Crippen LogP contribution in [0.25, 0.3) is 6.08 Å². The van der Waals surface area contributed by atoms with Crippen LogP contribution in [0.5, 0.6) is 0 Å². The molecule has 0 spiro atoms. The highest BCUT2D eigenvalue weighted by Crippen LogP contribution is 2.35. The van der Waals surface area contributed by atoms with Crippen LogP contribution in [0.3, 0.4) is 0 Å². The number of piperidine rings is 1. The van der Waals surface area contributed by atoms with Crippen molar-refractivity contribution in [3.05, 3.63) is 35.4 Å². The Kier molecular flexibility index (Phi) is 6.97. The van der Waals surface area contributed by atoms with E-state index in [-0.39, 0.29) is 11.9 Å². The molecule has 8 heteroatoms. The average Bonchev–Trinajstić information content (AvgIpc) is 2.63. The number of hydrogen-bond acceptors (Lipinski definition) is 5. The molecule has 0 amide bonds. The zero-order chi connectivity index (χ0) is 21.8. The SMILES string of the molecule is COC(=O)C1CCN(c2cc(C(F)(F)F)ccc2/C=C/C(=O)OC(C)(C)C)CC1. The first-order valence-electron chi connectivity index (χ1n) is 9.36. The number of nitrogens with zero attached hydrogens (tertiary/aromatic N) is 1. The summed E-state index contributed by atoms with van der Waals surface area (Å²) < 4.78 is 49.6. The van der Waals surface area contributed by atoms with E-state index in [1.165, 1.54) is 25.3 Å². The third-order valence-corrected chi connectivity index (χ3v) is 4.53. The lowest BCUT2D eigenvalue weighted by atomic mass is 9.95. The van der Waals surface area contributed by atoms with Gasteiger partial charge in [0.25, 0.3) is 0 Å². The maximum absolute atomic E-state index is 13.2. The standard InChI is InChI=1S/C21H26F3NO4/c1-20(2,3)29-18(26)8-6-14-5-7-16(21(22,23)24)13-17(14)25-11-9-15(10-12-25)19(27)28-4/h5-8,13,15H,9-12H2,1-4H3/b8-6+. The van der Waals surface area contributed by atoms with Crippen molar-refractivity contribution in [2.75, 3.05) is 25.1 Å². The number of ether oxygens (including phenoxy) is 2. The van der Waals surface area contributed by atoms with E-state index in [0.29, 0.717) is 37.2 Å². The van der Waals surface area contributed by atoms with Crippen molar-refractivity contribution >= 4 is 23.7 Å². The molecule has 5 nitrogen and oxygen atoms in total. The second kappa shape index (κ2) is 8.88. The van der Waals surface area contributed by atoms with Crippen molar-refractivity contribution in [2.24, 2.45) is 5.92 Å². The maximum atomic E-state index is 13.2. The fourth-order valence-corrected chi connectivity index (χ4v) is 3.15. The number of anilines is 1. The first-order valence-corrected chi connectivity index (χ1v) is 9.36. The predicted molar refractivity (Wildman–Crippen MR) is 103 cm³/mol. The number of benzene rings is 1. The van der Waals surface area contributed by atoms with Crippen LogP contribution in [0.15, 0.2) is 24.3 Å². The molecular weight excluding hydrogens is 387 g/mol. The second-order valence-corrected chi connectivity index (χ2v) is 7.92. The first kappa shape index (κ1) is 22.8. The van der Waals surface area contributed by atoms with Gasteiger partial charge < -0.3 is 14.4 Å². The minimum absolute atomic E-state index is 0.261. The zero-order valence-corrected chi connectivity index (χ0v) is 17.0. The molecule has 1 saturated heterocycles. The molecule has 1 aromatic carbocycles. The second-order valence-electron chi connectivity index (χ2n) is 7.92. The Hall–Kier alpha value is -2.51. The van der Waals surface area contributed by atoms with Gasteiger partial charge in [-0.05, 0) is 57.4 Å². The van der Waals surface area contributed by atoms with Crippen LogP contribution in [0.4, 0.5) is 18.9 Å². The van der Waals surface area contributed by atoms with E-state index in [0.717, 1.165) is 12.1 Å². The van der Waals surface area contributed by atoms with Crippen molar-refractivity contribution < 1.29 is 32.2 Å². The average molecular weight is 413 g/mol. The molecule has 1 aliphatic rings. The fourth-order valence-electron chi connectivity index (χ4n) is 3.15. The third kappa shape index (κ3) is 6.51. The lowest BCUT2D eigenvalue weighted by Crippen LogP contribution is -2.37. The molecule has 0 aromatic heterocycles. The van der Waals surface area contributed by atoms with E-state index < -0.39 is 23.3 Å². The molecule has 0 bridgehead atoms. The molecule has 0 atom stereocenters. The highest BCUT2D eigenvalue weighted by Gasteiger charge is 2.32. The van der Waals surface area contributed by atoms with Gasteiger partial charge in [-0.2, -0.15) is 13.2 Å². The van der Waals surface area contributed by atoms with E-state index in [4.69, 9.17) is 9.47 Å². The fraction of sp³-hybridized carbons (Fsp3) is 0.524. The molecule has 29 heavy (non-hydrogen) atoms. The molecular formula is C21H26F3NO4. The maximum Gasteiger partial charge on any atom is 0.416 e. The summed E-state index contributed by atoms with van der Waals surface area (Å²) in [5, 5.41) is 0. The smallest absolute Gasteiger partial charge is 0.416 e. The van der Waals surface area contributed by atoms with Crippen LogP contribution >= 0.6 is 0 Å². The van der Waals surface area contributed by atoms with Crippen LogP contribution in [-0.2, 0) is 25.2 Å². The van der Waals surface area contributed by atoms with Gasteiger partial charge in [0.15, 0.2) is 0 Å². The lowest BCUT2D eigenvalue weighted by Gasteiger charge is -2.33. The number of alkyl halides is 3. The number of methoxy groups -OCH3 is 1. The molecule has 1 aromatic rings. The van der Waals surface area contributed by atoms with Gasteiger partial charge in [0.05, 0.1) is 18.6 Å². The summed E-state index contributed by atoms with van der Waals surface area (Å²) in [6, 6.07) is 3.40. The van der Waals surface area contributed by atoms with Gasteiger partial charge in [-0.15, -0.1) is 0 Å². The molecule has 0 saturated carbocycles. The van der Waals surface area contributed by atoms with Crippen molar-refractivity contribution in [3.63, 3.8) is 0 Å². The Bertz CT molecular complexity index is 773. The third-order valence-electron chi connectivity index (χ3n) is 4.53. The number of halogens is 3. The van der Waals surface area contributed by atoms with Crippen LogP contribution < -0.4 is 4.90 Å². The number of carbonyl (C=O) groups excluding carboxylic acids is 2. The normalized spacial score (nSPS) is 16.2. The minimum atomic E-state index is -4.48. The van der Waals surface area contributed by atoms with Gasteiger partial charge in [0.2, 0.25) is 0 Å². The molecule has 0 radical (unpaired) electrons. The number of carbonyl (C=O) groups is 2. The molecule has 1 fully saturated rings. The highest BCUT2D eigenvalue weighted by molar-refractivity contribution is 5.89. The van der Waals surface area contributed by atoms with Crippen LogP contribution in [0.2, 0.25) is 0 Å². The van der Waals surface area contributed by atoms with Crippen molar-refractivity contribution in [1.29, 1.82) is 0 Å². The first-order chi connectivity index (χ1) is 13.4. The number of esters is 2. The van der Waals surface area contributed by atoms with Crippen molar-refractivity contribution in [3.8, 4) is 0 Å². The monoisotopic (exact) mass is 413 g/mol. The molecule has 160 valence electrons. The molecule has 1 heterocycles. The Labute approximate surface area is 168 Å². The van der Waals surface area contributed by atoms with E-state index in [9.17, 15) is 22.8 Å². The Balaban J connectivity index is 2.28. The lowest BCUT2D eigenvalue weighted by molar-refractivity contribution is -0.148. The molecule has 0 unspecified atom stereocenters. The predicted octanol–water partition coefficient (Wildman–Crippen LogP) is 4.45. The Morgan fingerprint density at radius 2 is 1.76 bits per heavy atom. The Morgan fingerprint density at radius 3 is 2.28 bits per heavy atom. The van der Waals surface area contributed by atoms with Crippen LogP contribution in [0.1, 0.15) is 44.7 Å². The van der Waals surface area contributed by atoms with E-state index >= 15 is 0 Å². The summed E-state index contributed by atoms with van der Waals surface area (Å²) in [7, 11) is 1.32. The molecule has 0 aliphatic carbocycles. The van der Waals surface area contributed by atoms with Gasteiger partial charge in [-0.3, -0.25) is 4.79 Å². The van der Waals surface area contributed by atoms with Crippen molar-refractivity contribution in [2.45, 2.75) is 45.4 Å². The van der Waals surface area contributed by atoms with E-state index in [1.54, 1.807) is 25.7 Å². The largest absolute Gasteiger partial charge is 0.469 e. The summed E-state index contributed by atoms with van der Waals surface area (Å²) in [5.74, 6) is -1.14. The van der Waals surface area contributed by atoms with E-state index in [2.05, 4.69) is 0 Å². The van der Waals surface area contributed by atoms with Crippen LogP contribution in [-0.4, -0.2) is 37.7 Å². The zero-order valence-electron chi connectivity index (χ0n) is 17.0. The summed E-state index contributed by atoms with van der Waals surface area (Å²) in [6.07, 6.45) is -0.850. The highest BCUT2D eigenvalue weighted by atomic mass is 19.4. The number of hydrogen-bond donors (Lipinski definition) is 0. The number of rotatable bonds is 4. The van der Waals surface area contributed by atoms with Gasteiger partial charge in [-0.25, -0.2) is 4.79 Å².